The van der Waals surface area contributed by atoms with Crippen LogP contribution in [-0.4, -0.2) is 93.2 Å². The molecular formula is C24H39ClN4O2. The van der Waals surface area contributed by atoms with Crippen LogP contribution >= 0.6 is 11.6 Å². The Morgan fingerprint density at radius 3 is 2.77 bits per heavy atom. The molecule has 2 atom stereocenters. The highest BCUT2D eigenvalue weighted by Crippen LogP contribution is 2.26. The fourth-order valence-electron chi connectivity index (χ4n) is 4.86. The normalized spacial score (nSPS) is 23.2. The highest BCUT2D eigenvalue weighted by Gasteiger charge is 2.30. The average molecular weight is 451 g/mol. The van der Waals surface area contributed by atoms with Gasteiger partial charge in [-0.1, -0.05) is 23.7 Å². The molecule has 0 aliphatic carbocycles. The van der Waals surface area contributed by atoms with E-state index in [2.05, 4.69) is 46.2 Å². The first-order chi connectivity index (χ1) is 15.0. The van der Waals surface area contributed by atoms with Crippen molar-refractivity contribution in [3.8, 4) is 0 Å². The van der Waals surface area contributed by atoms with Crippen molar-refractivity contribution in [2.45, 2.75) is 38.3 Å². The molecule has 7 heteroatoms. The average Bonchev–Trinajstić information content (AvgIpc) is 2.76. The number of rotatable bonds is 10. The molecule has 1 aromatic rings. The number of likely N-dealkylation sites (tertiary alicyclic amines) is 1. The molecule has 0 spiro atoms. The van der Waals surface area contributed by atoms with E-state index in [-0.39, 0.29) is 5.91 Å². The van der Waals surface area contributed by atoms with Gasteiger partial charge in [-0.15, -0.1) is 0 Å². The van der Waals surface area contributed by atoms with Crippen LogP contribution in [0.4, 0.5) is 0 Å². The van der Waals surface area contributed by atoms with Crippen LogP contribution in [0.3, 0.4) is 0 Å². The van der Waals surface area contributed by atoms with Crippen molar-refractivity contribution in [3.05, 3.63) is 34.9 Å². The zero-order valence-electron chi connectivity index (χ0n) is 19.2. The summed E-state index contributed by atoms with van der Waals surface area (Å²) in [7, 11) is 4.33. The number of hydrogen-bond donors (Lipinski definition) is 1. The molecule has 0 aromatic heterocycles. The van der Waals surface area contributed by atoms with Crippen LogP contribution < -0.4 is 5.32 Å². The van der Waals surface area contributed by atoms with Gasteiger partial charge in [-0.25, -0.2) is 0 Å². The maximum Gasteiger partial charge on any atom is 0.220 e. The Balaban J connectivity index is 1.40. The van der Waals surface area contributed by atoms with Crippen LogP contribution in [0.1, 0.15) is 31.2 Å². The summed E-state index contributed by atoms with van der Waals surface area (Å²) in [5.74, 6) is 0.688. The summed E-state index contributed by atoms with van der Waals surface area (Å²) in [5.41, 5.74) is 1.26. The Morgan fingerprint density at radius 2 is 2.03 bits per heavy atom. The Labute approximate surface area is 192 Å². The molecule has 0 radical (unpaired) electrons. The van der Waals surface area contributed by atoms with Gasteiger partial charge in [0.05, 0.1) is 13.2 Å². The molecule has 2 fully saturated rings. The summed E-state index contributed by atoms with van der Waals surface area (Å²) in [6, 6.07) is 8.67. The molecule has 6 nitrogen and oxygen atoms in total. The number of nitrogens with one attached hydrogen (secondary N) is 1. The van der Waals surface area contributed by atoms with E-state index in [1.807, 2.05) is 12.1 Å². The Kier molecular flexibility index (Phi) is 10.1. The predicted octanol–water partition coefficient (Wildman–Crippen LogP) is 2.71. The van der Waals surface area contributed by atoms with Crippen molar-refractivity contribution in [1.29, 1.82) is 0 Å². The smallest absolute Gasteiger partial charge is 0.220 e. The van der Waals surface area contributed by atoms with Crippen LogP contribution in [0.25, 0.3) is 0 Å². The number of ether oxygens (including phenoxy) is 1. The van der Waals surface area contributed by atoms with E-state index in [0.717, 1.165) is 83.3 Å². The van der Waals surface area contributed by atoms with Gasteiger partial charge in [-0.2, -0.15) is 0 Å². The molecule has 0 bridgehead atoms. The second-order valence-electron chi connectivity index (χ2n) is 9.14. The van der Waals surface area contributed by atoms with Crippen molar-refractivity contribution in [2.75, 3.05) is 66.6 Å². The van der Waals surface area contributed by atoms with Crippen molar-refractivity contribution < 1.29 is 9.53 Å². The number of hydrogen-bond acceptors (Lipinski definition) is 5. The maximum atomic E-state index is 12.4. The topological polar surface area (TPSA) is 48.0 Å². The molecule has 1 N–H and O–H groups in total. The summed E-state index contributed by atoms with van der Waals surface area (Å²) < 4.78 is 5.38. The Bertz CT molecular complexity index is 681. The lowest BCUT2D eigenvalue weighted by molar-refractivity contribution is -0.121. The van der Waals surface area contributed by atoms with Gasteiger partial charge >= 0.3 is 0 Å². The third-order valence-electron chi connectivity index (χ3n) is 6.56. The number of nitrogens with zero attached hydrogens (tertiary/aromatic N) is 3. The number of amides is 1. The second-order valence-corrected chi connectivity index (χ2v) is 9.58. The summed E-state index contributed by atoms with van der Waals surface area (Å²) in [6.45, 7) is 8.50. The van der Waals surface area contributed by atoms with Crippen LogP contribution in [0.15, 0.2) is 24.3 Å². The van der Waals surface area contributed by atoms with Gasteiger partial charge in [0.25, 0.3) is 0 Å². The molecule has 3 rings (SSSR count). The van der Waals surface area contributed by atoms with Crippen LogP contribution in [0, 0.1) is 5.92 Å². The second kappa shape index (κ2) is 12.8. The minimum atomic E-state index is 0.187. The Hall–Kier alpha value is -1.18. The first-order valence-electron chi connectivity index (χ1n) is 11.7. The van der Waals surface area contributed by atoms with E-state index >= 15 is 0 Å². The molecule has 1 amide bonds. The SMILES string of the molecule is CN(C)[C@@H]1CCN(Cc2cccc(Cl)c2)C[C@@H]1CCC(=O)NCCCN1CCOCC1. The molecule has 31 heavy (non-hydrogen) atoms. The van der Waals surface area contributed by atoms with E-state index in [0.29, 0.717) is 18.4 Å². The fourth-order valence-corrected chi connectivity index (χ4v) is 5.07. The third-order valence-corrected chi connectivity index (χ3v) is 6.79. The first kappa shape index (κ1) is 24.5. The van der Waals surface area contributed by atoms with Crippen molar-refractivity contribution in [3.63, 3.8) is 0 Å². The number of morpholine rings is 1. The molecule has 2 aliphatic heterocycles. The molecule has 2 aliphatic rings. The van der Waals surface area contributed by atoms with Crippen LogP contribution in [-0.2, 0) is 16.1 Å². The summed E-state index contributed by atoms with van der Waals surface area (Å²) in [4.78, 5) is 19.7. The van der Waals surface area contributed by atoms with E-state index < -0.39 is 0 Å². The largest absolute Gasteiger partial charge is 0.379 e. The molecule has 0 unspecified atom stereocenters. The van der Waals surface area contributed by atoms with Gasteiger partial charge in [0.15, 0.2) is 0 Å². The summed E-state index contributed by atoms with van der Waals surface area (Å²) >= 11 is 6.16. The third kappa shape index (κ3) is 8.35. The number of benzene rings is 1. The predicted molar refractivity (Wildman–Crippen MR) is 126 cm³/mol. The van der Waals surface area contributed by atoms with Crippen LogP contribution in [0.2, 0.25) is 5.02 Å². The molecule has 174 valence electrons. The zero-order chi connectivity index (χ0) is 22.1. The fraction of sp³-hybridized carbons (Fsp3) is 0.708. The van der Waals surface area contributed by atoms with Gasteiger partial charge in [-0.3, -0.25) is 14.6 Å². The summed E-state index contributed by atoms with van der Waals surface area (Å²) in [5, 5.41) is 3.92. The molecule has 0 saturated carbocycles. The first-order valence-corrected chi connectivity index (χ1v) is 12.1. The molecule has 2 saturated heterocycles. The minimum absolute atomic E-state index is 0.187. The van der Waals surface area contributed by atoms with Gasteiger partial charge in [-0.05, 0) is 70.1 Å². The van der Waals surface area contributed by atoms with Crippen molar-refractivity contribution >= 4 is 17.5 Å². The van der Waals surface area contributed by atoms with Crippen molar-refractivity contribution in [1.82, 2.24) is 20.0 Å². The summed E-state index contributed by atoms with van der Waals surface area (Å²) in [6.07, 6.45) is 3.68. The quantitative estimate of drug-likeness (QED) is 0.555. The van der Waals surface area contributed by atoms with Gasteiger partial charge < -0.3 is 15.0 Å². The maximum absolute atomic E-state index is 12.4. The lowest BCUT2D eigenvalue weighted by Gasteiger charge is -2.41. The lowest BCUT2D eigenvalue weighted by Crippen LogP contribution is -2.48. The van der Waals surface area contributed by atoms with Gasteiger partial charge in [0.1, 0.15) is 0 Å². The molecule has 2 heterocycles. The monoisotopic (exact) mass is 450 g/mol. The molecule has 1 aromatic carbocycles. The minimum Gasteiger partial charge on any atom is -0.379 e. The number of halogens is 1. The molecular weight excluding hydrogens is 412 g/mol. The number of piperidine rings is 1. The van der Waals surface area contributed by atoms with E-state index in [9.17, 15) is 4.79 Å². The van der Waals surface area contributed by atoms with Crippen molar-refractivity contribution in [2.24, 2.45) is 5.92 Å². The van der Waals surface area contributed by atoms with E-state index in [1.54, 1.807) is 0 Å². The lowest BCUT2D eigenvalue weighted by atomic mass is 9.87. The van der Waals surface area contributed by atoms with E-state index in [4.69, 9.17) is 16.3 Å². The number of carbonyl (C=O) groups excluding carboxylic acids is 1. The highest BCUT2D eigenvalue weighted by atomic mass is 35.5. The van der Waals surface area contributed by atoms with Crippen LogP contribution in [0.5, 0.6) is 0 Å². The standard InChI is InChI=1S/C24H39ClN4O2/c1-27(2)23-9-12-29(18-20-5-3-6-22(25)17-20)19-21(23)7-8-24(30)26-10-4-11-28-13-15-31-16-14-28/h3,5-6,17,21,23H,4,7-16,18-19H2,1-2H3,(H,26,30)/t21-,23+/m0/s1. The number of carbonyl (C=O) groups is 1. The highest BCUT2D eigenvalue weighted by molar-refractivity contribution is 6.30. The Morgan fingerprint density at radius 1 is 1.23 bits per heavy atom. The van der Waals surface area contributed by atoms with E-state index in [1.165, 1.54) is 5.56 Å². The van der Waals surface area contributed by atoms with Gasteiger partial charge in [0, 0.05) is 50.2 Å². The van der Waals surface area contributed by atoms with Gasteiger partial charge in [0.2, 0.25) is 5.91 Å². The zero-order valence-corrected chi connectivity index (χ0v) is 19.9.